The van der Waals surface area contributed by atoms with E-state index in [1.165, 1.54) is 12.1 Å². The number of sulfone groups is 1. The predicted octanol–water partition coefficient (Wildman–Crippen LogP) is 2.36. The van der Waals surface area contributed by atoms with Crippen molar-refractivity contribution < 1.29 is 27.8 Å². The summed E-state index contributed by atoms with van der Waals surface area (Å²) in [5.41, 5.74) is 1.58. The quantitative estimate of drug-likeness (QED) is 0.900. The number of benzene rings is 2. The van der Waals surface area contributed by atoms with Gasteiger partial charge in [0, 0.05) is 5.92 Å². The van der Waals surface area contributed by atoms with Crippen LogP contribution in [0.3, 0.4) is 0 Å². The first-order valence-electron chi connectivity index (χ1n) is 7.82. The second kappa shape index (κ2) is 5.49. The number of hydrogen-bond donors (Lipinski definition) is 1. The molecule has 0 saturated heterocycles. The van der Waals surface area contributed by atoms with Gasteiger partial charge in [0.15, 0.2) is 21.3 Å². The third-order valence-electron chi connectivity index (χ3n) is 4.73. The number of carboxylic acids is 1. The fraction of sp³-hybridized carbons (Fsp3) is 0.278. The van der Waals surface area contributed by atoms with Crippen molar-refractivity contribution in [3.05, 3.63) is 53.6 Å². The van der Waals surface area contributed by atoms with Gasteiger partial charge in [-0.15, -0.1) is 0 Å². The van der Waals surface area contributed by atoms with Gasteiger partial charge in [-0.2, -0.15) is 0 Å². The van der Waals surface area contributed by atoms with Gasteiger partial charge in [-0.1, -0.05) is 23.8 Å². The molecule has 1 fully saturated rings. The largest absolute Gasteiger partial charge is 0.481 e. The second-order valence-corrected chi connectivity index (χ2v) is 8.43. The first kappa shape index (κ1) is 16.0. The van der Waals surface area contributed by atoms with Crippen LogP contribution < -0.4 is 9.47 Å². The average molecular weight is 360 g/mol. The Bertz CT molecular complexity index is 948. The van der Waals surface area contributed by atoms with E-state index in [9.17, 15) is 18.3 Å². The van der Waals surface area contributed by atoms with E-state index >= 15 is 0 Å². The lowest BCUT2D eigenvalue weighted by Gasteiger charge is -2.05. The van der Waals surface area contributed by atoms with Crippen LogP contribution in [-0.2, 0) is 14.6 Å². The van der Waals surface area contributed by atoms with Gasteiger partial charge in [0.05, 0.1) is 16.1 Å². The number of aryl methyl sites for hydroxylation is 1. The van der Waals surface area contributed by atoms with Crippen molar-refractivity contribution in [3.8, 4) is 11.5 Å². The monoisotopic (exact) mass is 360 g/mol. The highest BCUT2D eigenvalue weighted by Gasteiger charge is 2.63. The van der Waals surface area contributed by atoms with Crippen LogP contribution in [-0.4, -0.2) is 31.5 Å². The molecule has 3 atom stereocenters. The van der Waals surface area contributed by atoms with Crippen molar-refractivity contribution in [3.63, 3.8) is 0 Å². The Morgan fingerprint density at radius 1 is 1.08 bits per heavy atom. The van der Waals surface area contributed by atoms with Crippen LogP contribution in [0.5, 0.6) is 11.5 Å². The fourth-order valence-electron chi connectivity index (χ4n) is 3.37. The summed E-state index contributed by atoms with van der Waals surface area (Å²) in [7, 11) is -3.74. The number of carbonyl (C=O) groups is 1. The van der Waals surface area contributed by atoms with Gasteiger partial charge in [0.25, 0.3) is 0 Å². The molecule has 1 aliphatic heterocycles. The molecule has 130 valence electrons. The van der Waals surface area contributed by atoms with E-state index in [0.717, 1.165) is 5.56 Å². The third kappa shape index (κ3) is 2.55. The highest BCUT2D eigenvalue weighted by Crippen LogP contribution is 2.55. The maximum atomic E-state index is 12.9. The van der Waals surface area contributed by atoms with Crippen molar-refractivity contribution in [1.82, 2.24) is 0 Å². The molecule has 0 aromatic heterocycles. The Hall–Kier alpha value is -2.54. The summed E-state index contributed by atoms with van der Waals surface area (Å²) in [6, 6.07) is 11.5. The third-order valence-corrected chi connectivity index (χ3v) is 6.96. The molecule has 0 unspecified atom stereocenters. The van der Waals surface area contributed by atoms with Crippen LogP contribution in [0.25, 0.3) is 0 Å². The number of ether oxygens (including phenoxy) is 2. The van der Waals surface area contributed by atoms with E-state index in [1.807, 2.05) is 6.92 Å². The lowest BCUT2D eigenvalue weighted by Crippen LogP contribution is -2.13. The van der Waals surface area contributed by atoms with Crippen molar-refractivity contribution in [2.75, 3.05) is 6.79 Å². The molecule has 25 heavy (non-hydrogen) atoms. The molecule has 1 N–H and O–H groups in total. The van der Waals surface area contributed by atoms with Gasteiger partial charge in [0.2, 0.25) is 6.79 Å². The Balaban J connectivity index is 1.71. The van der Waals surface area contributed by atoms with Crippen molar-refractivity contribution in [1.29, 1.82) is 0 Å². The number of aliphatic carboxylic acids is 1. The van der Waals surface area contributed by atoms with Crippen LogP contribution >= 0.6 is 0 Å². The lowest BCUT2D eigenvalue weighted by atomic mass is 10.1. The molecular weight excluding hydrogens is 344 g/mol. The summed E-state index contributed by atoms with van der Waals surface area (Å²) >= 11 is 0. The topological polar surface area (TPSA) is 89.9 Å². The molecular formula is C18H16O6S. The average Bonchev–Trinajstić information content (AvgIpc) is 3.18. The Kier molecular flexibility index (Phi) is 3.50. The highest BCUT2D eigenvalue weighted by molar-refractivity contribution is 7.92. The molecule has 4 rings (SSSR count). The van der Waals surface area contributed by atoms with Crippen molar-refractivity contribution >= 4 is 15.8 Å². The van der Waals surface area contributed by atoms with E-state index in [-0.39, 0.29) is 11.7 Å². The zero-order valence-electron chi connectivity index (χ0n) is 13.4. The smallest absolute Gasteiger partial charge is 0.308 e. The van der Waals surface area contributed by atoms with Crippen molar-refractivity contribution in [2.24, 2.45) is 5.92 Å². The van der Waals surface area contributed by atoms with Crippen molar-refractivity contribution in [2.45, 2.75) is 23.0 Å². The molecule has 1 aliphatic carbocycles. The molecule has 0 spiro atoms. The summed E-state index contributed by atoms with van der Waals surface area (Å²) in [6.45, 7) is 1.97. The fourth-order valence-corrected chi connectivity index (χ4v) is 5.49. The molecule has 1 saturated carbocycles. The molecule has 0 radical (unpaired) electrons. The van der Waals surface area contributed by atoms with Crippen LogP contribution in [0, 0.1) is 12.8 Å². The Morgan fingerprint density at radius 3 is 2.44 bits per heavy atom. The second-order valence-electron chi connectivity index (χ2n) is 6.33. The van der Waals surface area contributed by atoms with Gasteiger partial charge < -0.3 is 14.6 Å². The highest BCUT2D eigenvalue weighted by atomic mass is 32.2. The number of fused-ring (bicyclic) bond motifs is 1. The summed E-state index contributed by atoms with van der Waals surface area (Å²) in [5, 5.41) is 8.50. The number of hydrogen-bond acceptors (Lipinski definition) is 5. The van der Waals surface area contributed by atoms with Crippen LogP contribution in [0.4, 0.5) is 0 Å². The van der Waals surface area contributed by atoms with Gasteiger partial charge in [-0.05, 0) is 36.8 Å². The first-order valence-corrected chi connectivity index (χ1v) is 9.37. The zero-order chi connectivity index (χ0) is 17.8. The lowest BCUT2D eigenvalue weighted by molar-refractivity contribution is -0.138. The summed E-state index contributed by atoms with van der Waals surface area (Å²) in [4.78, 5) is 11.8. The standard InChI is InChI=1S/C18H16O6S/c1-10-2-5-12(6-3-10)25(21,22)17-15(16(17)18(19)20)11-4-7-13-14(8-11)24-9-23-13/h2-8,15-17H,9H2,1H3,(H,19,20)/t15-,16+,17-/m0/s1. The van der Waals surface area contributed by atoms with E-state index in [4.69, 9.17) is 9.47 Å². The van der Waals surface area contributed by atoms with Gasteiger partial charge in [0.1, 0.15) is 0 Å². The molecule has 7 heteroatoms. The molecule has 2 aromatic carbocycles. The summed E-state index contributed by atoms with van der Waals surface area (Å²) in [5.74, 6) is -1.58. The maximum Gasteiger partial charge on any atom is 0.308 e. The van der Waals surface area contributed by atoms with Gasteiger partial charge in [-0.3, -0.25) is 4.79 Å². The van der Waals surface area contributed by atoms with Crippen LogP contribution in [0.15, 0.2) is 47.4 Å². The molecule has 1 heterocycles. The maximum absolute atomic E-state index is 12.9. The normalized spacial score (nSPS) is 24.1. The van der Waals surface area contributed by atoms with E-state index in [2.05, 4.69) is 0 Å². The van der Waals surface area contributed by atoms with Crippen LogP contribution in [0.2, 0.25) is 0 Å². The van der Waals surface area contributed by atoms with Gasteiger partial charge >= 0.3 is 5.97 Å². The minimum Gasteiger partial charge on any atom is -0.481 e. The minimum atomic E-state index is -3.74. The Morgan fingerprint density at radius 2 is 1.76 bits per heavy atom. The molecule has 0 bridgehead atoms. The SMILES string of the molecule is Cc1ccc(S(=O)(=O)[C@@H]2[C@H](C(=O)O)[C@@H]2c2ccc3c(c2)OCO3)cc1. The molecule has 6 nitrogen and oxygen atoms in total. The molecule has 2 aliphatic rings. The van der Waals surface area contributed by atoms with E-state index < -0.39 is 32.9 Å². The predicted molar refractivity (Wildman–Crippen MR) is 88.6 cm³/mol. The van der Waals surface area contributed by atoms with Gasteiger partial charge in [-0.25, -0.2) is 8.42 Å². The number of rotatable bonds is 4. The first-order chi connectivity index (χ1) is 11.9. The van der Waals surface area contributed by atoms with E-state index in [1.54, 1.807) is 30.3 Å². The molecule has 0 amide bonds. The van der Waals surface area contributed by atoms with E-state index in [0.29, 0.717) is 17.1 Å². The number of carboxylic acid groups (broad SMARTS) is 1. The summed E-state index contributed by atoms with van der Waals surface area (Å²) < 4.78 is 36.4. The molecule has 2 aromatic rings. The minimum absolute atomic E-state index is 0.108. The Labute approximate surface area is 144 Å². The zero-order valence-corrected chi connectivity index (χ0v) is 14.2. The summed E-state index contributed by atoms with van der Waals surface area (Å²) in [6.07, 6.45) is 0. The van der Waals surface area contributed by atoms with Crippen LogP contribution in [0.1, 0.15) is 17.0 Å².